The number of furan rings is 2. The van der Waals surface area contributed by atoms with Gasteiger partial charge in [0.25, 0.3) is 0 Å². The first-order valence-electron chi connectivity index (χ1n) is 28.1. The summed E-state index contributed by atoms with van der Waals surface area (Å²) in [6.07, 6.45) is 0. The molecule has 0 aliphatic rings. The first-order chi connectivity index (χ1) is 37.6. The van der Waals surface area contributed by atoms with E-state index >= 15 is 0 Å². The Morgan fingerprint density at radius 2 is 0.506 bits per heavy atom. The Bertz CT molecular complexity index is 4220. The van der Waals surface area contributed by atoms with E-state index < -0.39 is 0 Å². The molecule has 3 heteroatoms. The maximum Gasteiger partial charge on any atom is 0.143 e. The lowest BCUT2D eigenvalue weighted by Gasteiger charge is -2.19. The van der Waals surface area contributed by atoms with Gasteiger partial charge >= 0.3 is 0 Å². The average Bonchev–Trinajstić information content (AvgIpc) is 4.35. The molecule has 0 atom stereocenters. The van der Waals surface area contributed by atoms with Gasteiger partial charge in [0, 0.05) is 54.5 Å². The van der Waals surface area contributed by atoms with Crippen LogP contribution in [0, 0.1) is 0 Å². The van der Waals surface area contributed by atoms with Crippen molar-refractivity contribution in [3.05, 3.63) is 216 Å². The monoisotopic (exact) mass is 1030 g/mol. The Labute approximate surface area is 465 Å². The van der Waals surface area contributed by atoms with E-state index in [1.54, 1.807) is 0 Å². The number of aromatic nitrogens is 1. The van der Waals surface area contributed by atoms with Crippen LogP contribution in [0.25, 0.3) is 132 Å². The van der Waals surface area contributed by atoms with Crippen LogP contribution in [0.3, 0.4) is 0 Å². The van der Waals surface area contributed by atoms with Crippen LogP contribution in [-0.2, 0) is 21.7 Å². The van der Waals surface area contributed by atoms with Gasteiger partial charge in [-0.25, -0.2) is 0 Å². The van der Waals surface area contributed by atoms with Crippen molar-refractivity contribution in [1.29, 1.82) is 0 Å². The number of benzene rings is 10. The van der Waals surface area contributed by atoms with E-state index in [4.69, 9.17) is 8.83 Å². The molecule has 3 aromatic heterocycles. The number of aromatic amines is 1. The van der Waals surface area contributed by atoms with Crippen molar-refractivity contribution in [2.24, 2.45) is 0 Å². The highest BCUT2D eigenvalue weighted by Gasteiger charge is 2.23. The Morgan fingerprint density at radius 1 is 0.241 bits per heavy atom. The third-order valence-corrected chi connectivity index (χ3v) is 16.7. The zero-order chi connectivity index (χ0) is 54.9. The summed E-state index contributed by atoms with van der Waals surface area (Å²) in [5.41, 5.74) is 24.9. The molecule has 0 saturated carbocycles. The molecule has 390 valence electrons. The maximum absolute atomic E-state index is 6.97. The van der Waals surface area contributed by atoms with Crippen molar-refractivity contribution in [2.75, 3.05) is 0 Å². The number of hydrogen-bond acceptors (Lipinski definition) is 2. The fraction of sp³-hybridized carbons (Fsp3) is 0.211. The minimum Gasteiger partial charge on any atom is -0.455 e. The zero-order valence-corrected chi connectivity index (χ0v) is 47.8. The fourth-order valence-corrected chi connectivity index (χ4v) is 11.8. The number of H-pyrrole nitrogens is 1. The van der Waals surface area contributed by atoms with E-state index in [1.807, 2.05) is 0 Å². The molecule has 0 bridgehead atoms. The standard InChI is InChI=1S/C76H69NO2/c1-73(2,3)55-25-13-45(14-26-55)49-23-35-69-63(37-49)65-43-53(47-17-29-57(30-18-47)75(7,8)9)41-59(71(65)78-69)51-21-33-67-61(39-51)62-40-52(22-34-68(62)77-67)60-42-54(48-19-31-58(32-20-48)76(10,11)12)44-66-64-38-50(24-36-70(64)79-72(60)66)46-15-27-56(28-16-46)74(4,5)6/h13-44,77H,1-12H3. The molecule has 1 N–H and O–H groups in total. The van der Waals surface area contributed by atoms with Crippen LogP contribution >= 0.6 is 0 Å². The number of hydrogen-bond donors (Lipinski definition) is 1. The van der Waals surface area contributed by atoms with E-state index in [1.165, 1.54) is 55.6 Å². The SMILES string of the molecule is CC(C)(C)c1ccc(-c2ccc3oc4c(-c5ccc6[nH]c7ccc(-c8cc(-c9ccc(C(C)(C)C)cc9)cc9c8oc8ccc(-c%10ccc(C(C)(C)C)cc%10)cc89)cc7c6c5)cc(-c5ccc(C(C)(C)C)cc5)cc4c3c2)cc1. The Kier molecular flexibility index (Phi) is 11.5. The minimum atomic E-state index is 0.0492. The normalized spacial score (nSPS) is 12.8. The third-order valence-electron chi connectivity index (χ3n) is 16.7. The summed E-state index contributed by atoms with van der Waals surface area (Å²) in [4.78, 5) is 3.78. The van der Waals surface area contributed by atoms with Gasteiger partial charge in [-0.1, -0.05) is 204 Å². The highest BCUT2D eigenvalue weighted by atomic mass is 16.3. The van der Waals surface area contributed by atoms with Crippen LogP contribution in [0.4, 0.5) is 0 Å². The van der Waals surface area contributed by atoms with E-state index in [9.17, 15) is 0 Å². The first kappa shape index (κ1) is 50.1. The predicted octanol–water partition coefficient (Wildman–Crippen LogP) is 22.3. The van der Waals surface area contributed by atoms with E-state index in [2.05, 4.69) is 282 Å². The molecule has 79 heavy (non-hydrogen) atoms. The van der Waals surface area contributed by atoms with Crippen LogP contribution in [0.1, 0.15) is 105 Å². The van der Waals surface area contributed by atoms with Crippen LogP contribution in [0.5, 0.6) is 0 Å². The molecule has 0 saturated heterocycles. The summed E-state index contributed by atoms with van der Waals surface area (Å²) in [5.74, 6) is 0. The lowest BCUT2D eigenvalue weighted by molar-refractivity contribution is 0.590. The lowest BCUT2D eigenvalue weighted by Crippen LogP contribution is -2.10. The quantitative estimate of drug-likeness (QED) is 0.180. The Balaban J connectivity index is 0.972. The molecule has 0 radical (unpaired) electrons. The summed E-state index contributed by atoms with van der Waals surface area (Å²) in [6, 6.07) is 72.6. The highest BCUT2D eigenvalue weighted by molar-refractivity contribution is 6.16. The molecule has 0 aliphatic heterocycles. The average molecular weight is 1030 g/mol. The molecule has 3 heterocycles. The van der Waals surface area contributed by atoms with Crippen molar-refractivity contribution >= 4 is 65.7 Å². The molecule has 13 aromatic rings. The molecule has 0 aliphatic carbocycles. The van der Waals surface area contributed by atoms with Crippen molar-refractivity contribution in [3.63, 3.8) is 0 Å². The van der Waals surface area contributed by atoms with Gasteiger partial charge in [-0.3, -0.25) is 0 Å². The molecule has 10 aromatic carbocycles. The summed E-state index contributed by atoms with van der Waals surface area (Å²) < 4.78 is 13.9. The maximum atomic E-state index is 6.97. The Hall–Kier alpha value is -8.40. The van der Waals surface area contributed by atoms with Gasteiger partial charge in [0.1, 0.15) is 22.3 Å². The number of rotatable bonds is 6. The molecule has 0 spiro atoms. The molecule has 0 unspecified atom stereocenters. The van der Waals surface area contributed by atoms with E-state index in [-0.39, 0.29) is 21.7 Å². The third kappa shape index (κ3) is 9.04. The number of fused-ring (bicyclic) bond motifs is 9. The summed E-state index contributed by atoms with van der Waals surface area (Å²) in [6.45, 7) is 27.2. The first-order valence-corrected chi connectivity index (χ1v) is 28.1. The zero-order valence-electron chi connectivity index (χ0n) is 47.8. The highest BCUT2D eigenvalue weighted by Crippen LogP contribution is 2.46. The van der Waals surface area contributed by atoms with Crippen molar-refractivity contribution in [1.82, 2.24) is 4.98 Å². The van der Waals surface area contributed by atoms with Crippen molar-refractivity contribution in [3.8, 4) is 66.8 Å². The number of nitrogens with one attached hydrogen (secondary N) is 1. The van der Waals surface area contributed by atoms with Gasteiger partial charge in [-0.05, 0) is 172 Å². The van der Waals surface area contributed by atoms with Crippen LogP contribution in [0.2, 0.25) is 0 Å². The van der Waals surface area contributed by atoms with E-state index in [0.29, 0.717) is 0 Å². The van der Waals surface area contributed by atoms with Crippen molar-refractivity contribution in [2.45, 2.75) is 105 Å². The Morgan fingerprint density at radius 3 is 0.823 bits per heavy atom. The fourth-order valence-electron chi connectivity index (χ4n) is 11.8. The second-order valence-corrected chi connectivity index (χ2v) is 26.4. The lowest BCUT2D eigenvalue weighted by atomic mass is 9.86. The molecule has 3 nitrogen and oxygen atoms in total. The van der Waals surface area contributed by atoms with Gasteiger partial charge in [0.15, 0.2) is 0 Å². The minimum absolute atomic E-state index is 0.0492. The van der Waals surface area contributed by atoms with Gasteiger partial charge < -0.3 is 13.8 Å². The second kappa shape index (κ2) is 18.1. The van der Waals surface area contributed by atoms with Crippen LogP contribution in [-0.4, -0.2) is 4.98 Å². The molecular weight excluding hydrogens is 959 g/mol. The second-order valence-electron chi connectivity index (χ2n) is 26.4. The largest absolute Gasteiger partial charge is 0.455 e. The summed E-state index contributed by atoms with van der Waals surface area (Å²) >= 11 is 0. The topological polar surface area (TPSA) is 42.1 Å². The summed E-state index contributed by atoms with van der Waals surface area (Å²) in [7, 11) is 0. The molecular formula is C76H69NO2. The van der Waals surface area contributed by atoms with Gasteiger partial charge in [-0.15, -0.1) is 0 Å². The molecule has 13 rings (SSSR count). The van der Waals surface area contributed by atoms with Crippen LogP contribution < -0.4 is 0 Å². The summed E-state index contributed by atoms with van der Waals surface area (Å²) in [5, 5.41) is 6.72. The van der Waals surface area contributed by atoms with Crippen LogP contribution in [0.15, 0.2) is 203 Å². The predicted molar refractivity (Wildman–Crippen MR) is 338 cm³/mol. The molecule has 0 amide bonds. The van der Waals surface area contributed by atoms with Gasteiger partial charge in [0.2, 0.25) is 0 Å². The van der Waals surface area contributed by atoms with Gasteiger partial charge in [0.05, 0.1) is 0 Å². The van der Waals surface area contributed by atoms with Gasteiger partial charge in [-0.2, -0.15) is 0 Å². The van der Waals surface area contributed by atoms with E-state index in [0.717, 1.165) is 99.1 Å². The molecule has 0 fully saturated rings. The smallest absolute Gasteiger partial charge is 0.143 e. The van der Waals surface area contributed by atoms with Crippen molar-refractivity contribution < 1.29 is 8.83 Å².